The number of nitrogens with zero attached hydrogens (tertiary/aromatic N) is 3. The van der Waals surface area contributed by atoms with Crippen LogP contribution in [-0.2, 0) is 9.53 Å². The van der Waals surface area contributed by atoms with Crippen molar-refractivity contribution in [1.82, 2.24) is 20.1 Å². The number of carboxylic acid groups (broad SMARTS) is 1. The Morgan fingerprint density at radius 2 is 1.77 bits per heavy atom. The van der Waals surface area contributed by atoms with Crippen molar-refractivity contribution in [3.8, 4) is 11.1 Å². The van der Waals surface area contributed by atoms with Crippen LogP contribution in [0, 0.1) is 0 Å². The molecule has 0 spiro atoms. The van der Waals surface area contributed by atoms with E-state index in [1.807, 2.05) is 48.5 Å². The van der Waals surface area contributed by atoms with Gasteiger partial charge in [0, 0.05) is 12.5 Å². The highest BCUT2D eigenvalue weighted by Gasteiger charge is 2.42. The first-order valence-electron chi connectivity index (χ1n) is 11.2. The number of aromatic nitrogens is 3. The van der Waals surface area contributed by atoms with Gasteiger partial charge >= 0.3 is 12.1 Å². The molecule has 4 N–H and O–H groups in total. The number of β-amino-alcohol motifs (C(OH)–C–C–N with tert-alkyl or cyclic N) is 1. The number of benzene rings is 2. The van der Waals surface area contributed by atoms with Gasteiger partial charge in [-0.05, 0) is 35.1 Å². The van der Waals surface area contributed by atoms with Crippen LogP contribution < -0.4 is 5.32 Å². The number of aromatic amines is 1. The minimum atomic E-state index is -2.00. The Morgan fingerprint density at radius 3 is 2.43 bits per heavy atom. The number of H-pyrrole nitrogens is 1. The third-order valence-electron chi connectivity index (χ3n) is 6.40. The highest BCUT2D eigenvalue weighted by atomic mass is 16.5. The van der Waals surface area contributed by atoms with Gasteiger partial charge in [0.1, 0.15) is 6.61 Å². The monoisotopic (exact) mass is 477 g/mol. The van der Waals surface area contributed by atoms with Crippen LogP contribution in [0.5, 0.6) is 0 Å². The zero-order valence-corrected chi connectivity index (χ0v) is 18.6. The molecule has 2 aliphatic rings. The van der Waals surface area contributed by atoms with Crippen molar-refractivity contribution in [2.45, 2.75) is 24.4 Å². The van der Waals surface area contributed by atoms with Crippen LogP contribution in [0.25, 0.3) is 11.1 Å². The summed E-state index contributed by atoms with van der Waals surface area (Å²) in [7, 11) is 0. The van der Waals surface area contributed by atoms with Gasteiger partial charge in [0.15, 0.2) is 5.60 Å². The predicted molar refractivity (Wildman–Crippen MR) is 123 cm³/mol. The molecule has 1 fully saturated rings. The molecule has 1 atom stereocenters. The van der Waals surface area contributed by atoms with Crippen molar-refractivity contribution < 1.29 is 29.3 Å². The molecule has 180 valence electrons. The summed E-state index contributed by atoms with van der Waals surface area (Å²) in [6.07, 6.45) is -0.395. The lowest BCUT2D eigenvalue weighted by Crippen LogP contribution is -2.54. The summed E-state index contributed by atoms with van der Waals surface area (Å²) >= 11 is 0. The lowest BCUT2D eigenvalue weighted by Gasteiger charge is -2.35. The van der Waals surface area contributed by atoms with E-state index in [1.165, 1.54) is 4.90 Å². The van der Waals surface area contributed by atoms with Crippen LogP contribution in [0.2, 0.25) is 0 Å². The fraction of sp³-hybridized carbons (Fsp3) is 0.292. The number of hydrogen-bond donors (Lipinski definition) is 4. The number of amides is 2. The molecule has 0 saturated carbocycles. The number of nitrogens with one attached hydrogen (secondary N) is 2. The quantitative estimate of drug-likeness (QED) is 0.436. The lowest BCUT2D eigenvalue weighted by molar-refractivity contribution is -0.163. The molecule has 1 aliphatic carbocycles. The molecular formula is C24H23N5O6. The van der Waals surface area contributed by atoms with Gasteiger partial charge in [0.2, 0.25) is 5.82 Å². The third kappa shape index (κ3) is 4.21. The minimum Gasteiger partial charge on any atom is -0.479 e. The third-order valence-corrected chi connectivity index (χ3v) is 6.40. The Labute approximate surface area is 199 Å². The first-order valence-corrected chi connectivity index (χ1v) is 11.2. The molecule has 2 heterocycles. The molecule has 11 nitrogen and oxygen atoms in total. The van der Waals surface area contributed by atoms with Gasteiger partial charge in [-0.15, -0.1) is 5.10 Å². The summed E-state index contributed by atoms with van der Waals surface area (Å²) in [5.41, 5.74) is 2.38. The van der Waals surface area contributed by atoms with E-state index < -0.39 is 23.6 Å². The summed E-state index contributed by atoms with van der Waals surface area (Å²) in [5, 5.41) is 28.1. The Hall–Kier alpha value is -4.25. The number of ether oxygens (including phenoxy) is 1. The van der Waals surface area contributed by atoms with Crippen LogP contribution in [0.4, 0.5) is 10.7 Å². The Morgan fingerprint density at radius 1 is 1.11 bits per heavy atom. The number of carbonyl (C=O) groups excluding carboxylic acids is 2. The number of hydrogen-bond acceptors (Lipinski definition) is 7. The average molecular weight is 477 g/mol. The van der Waals surface area contributed by atoms with Gasteiger partial charge in [-0.3, -0.25) is 15.2 Å². The van der Waals surface area contributed by atoms with E-state index >= 15 is 0 Å². The first kappa shape index (κ1) is 22.5. The van der Waals surface area contributed by atoms with Crippen molar-refractivity contribution in [3.63, 3.8) is 0 Å². The number of carboxylic acids is 1. The van der Waals surface area contributed by atoms with E-state index in [1.54, 1.807) is 0 Å². The molecular weight excluding hydrogens is 454 g/mol. The molecule has 1 unspecified atom stereocenters. The maximum absolute atomic E-state index is 12.7. The number of aliphatic carboxylic acids is 1. The lowest BCUT2D eigenvalue weighted by atomic mass is 9.93. The number of likely N-dealkylation sites (tertiary alicyclic amines) is 1. The van der Waals surface area contributed by atoms with E-state index in [0.29, 0.717) is 6.42 Å². The van der Waals surface area contributed by atoms with Gasteiger partial charge in [-0.25, -0.2) is 9.59 Å². The maximum Gasteiger partial charge on any atom is 0.414 e. The van der Waals surface area contributed by atoms with Crippen molar-refractivity contribution in [1.29, 1.82) is 0 Å². The number of carbonyl (C=O) groups is 3. The molecule has 1 aliphatic heterocycles. The van der Waals surface area contributed by atoms with Crippen LogP contribution >= 0.6 is 0 Å². The normalized spacial score (nSPS) is 19.1. The highest BCUT2D eigenvalue weighted by Crippen LogP contribution is 2.44. The molecule has 11 heteroatoms. The van der Waals surface area contributed by atoms with Crippen molar-refractivity contribution >= 4 is 23.9 Å². The number of fused-ring (bicyclic) bond motifs is 3. The van der Waals surface area contributed by atoms with E-state index in [0.717, 1.165) is 22.3 Å². The highest BCUT2D eigenvalue weighted by molar-refractivity contribution is 5.92. The minimum absolute atomic E-state index is 0.0527. The molecule has 2 aromatic carbocycles. The fourth-order valence-electron chi connectivity index (χ4n) is 4.67. The second-order valence-corrected chi connectivity index (χ2v) is 8.63. The van der Waals surface area contributed by atoms with Gasteiger partial charge < -0.3 is 19.8 Å². The molecule has 1 aromatic heterocycles. The van der Waals surface area contributed by atoms with E-state index in [4.69, 9.17) is 4.74 Å². The summed E-state index contributed by atoms with van der Waals surface area (Å²) in [6, 6.07) is 16.0. The molecule has 0 radical (unpaired) electrons. The Kier molecular flexibility index (Phi) is 5.69. The molecule has 0 bridgehead atoms. The first-order chi connectivity index (χ1) is 16.9. The predicted octanol–water partition coefficient (Wildman–Crippen LogP) is 2.22. The maximum atomic E-state index is 12.7. The second kappa shape index (κ2) is 8.84. The summed E-state index contributed by atoms with van der Waals surface area (Å²) in [5.74, 6) is -2.46. The zero-order chi connectivity index (χ0) is 24.6. The number of aliphatic hydroxyl groups is 1. The van der Waals surface area contributed by atoms with Crippen molar-refractivity contribution in [2.75, 3.05) is 25.0 Å². The van der Waals surface area contributed by atoms with Gasteiger partial charge in [-0.2, -0.15) is 4.98 Å². The van der Waals surface area contributed by atoms with Crippen LogP contribution in [0.15, 0.2) is 48.5 Å². The molecule has 3 aromatic rings. The van der Waals surface area contributed by atoms with Crippen molar-refractivity contribution in [3.05, 3.63) is 65.5 Å². The van der Waals surface area contributed by atoms with Crippen LogP contribution in [0.1, 0.15) is 40.5 Å². The second-order valence-electron chi connectivity index (χ2n) is 8.63. The van der Waals surface area contributed by atoms with Crippen LogP contribution in [0.3, 0.4) is 0 Å². The van der Waals surface area contributed by atoms with E-state index in [9.17, 15) is 24.6 Å². The van der Waals surface area contributed by atoms with Gasteiger partial charge in [-0.1, -0.05) is 48.5 Å². The van der Waals surface area contributed by atoms with E-state index in [-0.39, 0.29) is 43.8 Å². The number of piperidine rings is 1. The molecule has 2 amide bonds. The Bertz CT molecular complexity index is 1260. The molecule has 5 rings (SSSR count). The summed E-state index contributed by atoms with van der Waals surface area (Å²) in [4.78, 5) is 41.6. The van der Waals surface area contributed by atoms with Gasteiger partial charge in [0.05, 0.1) is 6.54 Å². The molecule has 35 heavy (non-hydrogen) atoms. The standard InChI is InChI=1S/C24H23N5O6/c30-20(29-11-5-10-24(34,13-29)21(31)32)19-25-22(28-27-19)26-23(33)35-12-18-16-8-3-1-6-14(16)15-7-2-4-9-17(15)18/h1-4,6-9,18,34H,5,10-13H2,(H,31,32)(H2,25,26,27,28,33). The number of anilines is 1. The molecule has 1 saturated heterocycles. The SMILES string of the molecule is O=C(Nc1n[nH]c(C(=O)N2CCCC(O)(C(=O)O)C2)n1)OCC1c2ccccc2-c2ccccc21. The zero-order valence-electron chi connectivity index (χ0n) is 18.6. The van der Waals surface area contributed by atoms with Gasteiger partial charge in [0.25, 0.3) is 11.9 Å². The topological polar surface area (TPSA) is 158 Å². The average Bonchev–Trinajstić information content (AvgIpc) is 3.45. The summed E-state index contributed by atoms with van der Waals surface area (Å²) in [6.45, 7) is 0.0128. The van der Waals surface area contributed by atoms with Crippen molar-refractivity contribution in [2.24, 2.45) is 0 Å². The number of rotatable bonds is 5. The summed E-state index contributed by atoms with van der Waals surface area (Å²) < 4.78 is 5.45. The van der Waals surface area contributed by atoms with Crippen LogP contribution in [-0.4, -0.2) is 73.6 Å². The largest absolute Gasteiger partial charge is 0.479 e. The Balaban J connectivity index is 1.21. The fourth-order valence-corrected chi connectivity index (χ4v) is 4.67. The smallest absolute Gasteiger partial charge is 0.414 e. The van der Waals surface area contributed by atoms with E-state index in [2.05, 4.69) is 20.5 Å².